The largest absolute Gasteiger partial charge is 0.504 e. The molecular weight excluding hydrogens is 196 g/mol. The molecular formula is C11H16O4. The molecule has 0 amide bonds. The van der Waals surface area contributed by atoms with E-state index in [1.807, 2.05) is 0 Å². The molecule has 2 N–H and O–H groups in total. The fourth-order valence-electron chi connectivity index (χ4n) is 1.36. The molecule has 1 aromatic rings. The Morgan fingerprint density at radius 2 is 2.13 bits per heavy atom. The first-order valence-corrected chi connectivity index (χ1v) is 4.99. The van der Waals surface area contributed by atoms with Crippen LogP contribution in [0.5, 0.6) is 5.75 Å². The van der Waals surface area contributed by atoms with Gasteiger partial charge in [0.1, 0.15) is 5.76 Å². The van der Waals surface area contributed by atoms with Crippen LogP contribution in [0.3, 0.4) is 0 Å². The molecule has 0 aliphatic rings. The normalized spacial score (nSPS) is 10.9. The zero-order valence-electron chi connectivity index (χ0n) is 8.99. The van der Waals surface area contributed by atoms with Gasteiger partial charge in [-0.1, -0.05) is 13.8 Å². The van der Waals surface area contributed by atoms with Crippen molar-refractivity contribution in [3.63, 3.8) is 0 Å². The van der Waals surface area contributed by atoms with E-state index >= 15 is 0 Å². The molecule has 0 spiro atoms. The van der Waals surface area contributed by atoms with Crippen LogP contribution < -0.4 is 0 Å². The highest BCUT2D eigenvalue weighted by Crippen LogP contribution is 2.30. The summed E-state index contributed by atoms with van der Waals surface area (Å²) in [5.74, 6) is 0.815. The van der Waals surface area contributed by atoms with Gasteiger partial charge < -0.3 is 14.6 Å². The molecule has 0 atom stereocenters. The van der Waals surface area contributed by atoms with Crippen molar-refractivity contribution < 1.29 is 19.4 Å². The molecule has 0 radical (unpaired) electrons. The van der Waals surface area contributed by atoms with E-state index in [2.05, 4.69) is 13.8 Å². The van der Waals surface area contributed by atoms with E-state index in [4.69, 9.17) is 9.52 Å². The minimum Gasteiger partial charge on any atom is -0.504 e. The summed E-state index contributed by atoms with van der Waals surface area (Å²) in [6.07, 6.45) is 1.94. The Bertz CT molecular complexity index is 339. The van der Waals surface area contributed by atoms with Gasteiger partial charge >= 0.3 is 0 Å². The third-order valence-corrected chi connectivity index (χ3v) is 2.29. The smallest absolute Gasteiger partial charge is 0.185 e. The van der Waals surface area contributed by atoms with Crippen molar-refractivity contribution in [1.82, 2.24) is 0 Å². The van der Waals surface area contributed by atoms with Crippen LogP contribution in [0.15, 0.2) is 4.42 Å². The predicted octanol–water partition coefficient (Wildman–Crippen LogP) is 1.88. The number of aryl methyl sites for hydroxylation is 1. The summed E-state index contributed by atoms with van der Waals surface area (Å²) in [7, 11) is 0. The zero-order valence-corrected chi connectivity index (χ0v) is 8.99. The maximum Gasteiger partial charge on any atom is 0.185 e. The quantitative estimate of drug-likeness (QED) is 0.731. The fraction of sp³-hybridized carbons (Fsp3) is 0.545. The number of aliphatic hydroxyl groups is 1. The highest BCUT2D eigenvalue weighted by atomic mass is 16.4. The van der Waals surface area contributed by atoms with Crippen molar-refractivity contribution in [3.05, 3.63) is 17.1 Å². The van der Waals surface area contributed by atoms with E-state index in [-0.39, 0.29) is 23.7 Å². The standard InChI is InChI=1S/C11H16O4/c1-7(2)3-4-9-11(14)8(5-12)10(6-13)15-9/h6-7,12,14H,3-5H2,1-2H3. The average molecular weight is 212 g/mol. The second-order valence-electron chi connectivity index (χ2n) is 3.93. The van der Waals surface area contributed by atoms with E-state index in [1.165, 1.54) is 0 Å². The Morgan fingerprint density at radius 3 is 2.53 bits per heavy atom. The van der Waals surface area contributed by atoms with Crippen LogP contribution in [0, 0.1) is 5.92 Å². The topological polar surface area (TPSA) is 70.7 Å². The van der Waals surface area contributed by atoms with Crippen LogP contribution in [0.25, 0.3) is 0 Å². The molecule has 0 fully saturated rings. The van der Waals surface area contributed by atoms with Crippen molar-refractivity contribution in [3.8, 4) is 5.75 Å². The Balaban J connectivity index is 2.89. The number of carbonyl (C=O) groups is 1. The van der Waals surface area contributed by atoms with Gasteiger partial charge in [0.2, 0.25) is 0 Å². The van der Waals surface area contributed by atoms with Gasteiger partial charge in [-0.05, 0) is 12.3 Å². The van der Waals surface area contributed by atoms with Gasteiger partial charge in [-0.2, -0.15) is 0 Å². The van der Waals surface area contributed by atoms with Gasteiger partial charge in [-0.25, -0.2) is 0 Å². The number of hydrogen-bond donors (Lipinski definition) is 2. The average Bonchev–Trinajstić information content (AvgIpc) is 2.51. The van der Waals surface area contributed by atoms with Gasteiger partial charge in [-0.15, -0.1) is 0 Å². The summed E-state index contributed by atoms with van der Waals surface area (Å²) in [6.45, 7) is 3.74. The van der Waals surface area contributed by atoms with Gasteiger partial charge in [0, 0.05) is 6.42 Å². The van der Waals surface area contributed by atoms with Crippen LogP contribution in [0.2, 0.25) is 0 Å². The lowest BCUT2D eigenvalue weighted by Gasteiger charge is -2.01. The Hall–Kier alpha value is -1.29. The molecule has 0 unspecified atom stereocenters. The molecule has 4 heteroatoms. The number of furan rings is 1. The lowest BCUT2D eigenvalue weighted by atomic mass is 10.1. The molecule has 1 heterocycles. The predicted molar refractivity (Wildman–Crippen MR) is 54.8 cm³/mol. The van der Waals surface area contributed by atoms with Crippen molar-refractivity contribution in [2.24, 2.45) is 5.92 Å². The summed E-state index contributed by atoms with van der Waals surface area (Å²) in [5.41, 5.74) is 0.184. The number of rotatable bonds is 5. The van der Waals surface area contributed by atoms with Crippen molar-refractivity contribution in [2.45, 2.75) is 33.3 Å². The van der Waals surface area contributed by atoms with Crippen molar-refractivity contribution >= 4 is 6.29 Å². The zero-order chi connectivity index (χ0) is 11.4. The van der Waals surface area contributed by atoms with Gasteiger partial charge in [0.05, 0.1) is 12.2 Å². The molecule has 1 rings (SSSR count). The monoisotopic (exact) mass is 212 g/mol. The minimum absolute atomic E-state index is 0.0220. The molecule has 0 aliphatic carbocycles. The summed E-state index contributed by atoms with van der Waals surface area (Å²) in [6, 6.07) is 0. The lowest BCUT2D eigenvalue weighted by molar-refractivity contribution is 0.109. The molecule has 0 bridgehead atoms. The Morgan fingerprint density at radius 1 is 1.47 bits per heavy atom. The third kappa shape index (κ3) is 2.59. The molecule has 84 valence electrons. The van der Waals surface area contributed by atoms with Gasteiger partial charge in [0.15, 0.2) is 17.8 Å². The highest BCUT2D eigenvalue weighted by molar-refractivity contribution is 5.75. The molecule has 1 aromatic heterocycles. The maximum atomic E-state index is 10.6. The van der Waals surface area contributed by atoms with Crippen LogP contribution >= 0.6 is 0 Å². The van der Waals surface area contributed by atoms with Crippen LogP contribution in [0.4, 0.5) is 0 Å². The molecule has 0 aromatic carbocycles. The number of aliphatic hydroxyl groups excluding tert-OH is 1. The molecule has 0 saturated carbocycles. The molecule has 0 aliphatic heterocycles. The van der Waals surface area contributed by atoms with Gasteiger partial charge in [-0.3, -0.25) is 4.79 Å². The number of carbonyl (C=O) groups excluding carboxylic acids is 1. The SMILES string of the molecule is CC(C)CCc1oc(C=O)c(CO)c1O. The van der Waals surface area contributed by atoms with E-state index in [0.29, 0.717) is 24.4 Å². The second-order valence-corrected chi connectivity index (χ2v) is 3.93. The van der Waals surface area contributed by atoms with E-state index in [0.717, 1.165) is 6.42 Å². The molecule has 15 heavy (non-hydrogen) atoms. The summed E-state index contributed by atoms with van der Waals surface area (Å²) in [5, 5.41) is 18.6. The fourth-order valence-corrected chi connectivity index (χ4v) is 1.36. The Kier molecular flexibility index (Phi) is 3.91. The third-order valence-electron chi connectivity index (χ3n) is 2.29. The summed E-state index contributed by atoms with van der Waals surface area (Å²) >= 11 is 0. The van der Waals surface area contributed by atoms with E-state index in [9.17, 15) is 9.90 Å². The first-order valence-electron chi connectivity index (χ1n) is 4.99. The summed E-state index contributed by atoms with van der Waals surface area (Å²) < 4.78 is 5.16. The molecule has 0 saturated heterocycles. The number of aromatic hydroxyl groups is 1. The lowest BCUT2D eigenvalue weighted by Crippen LogP contribution is -1.91. The first-order chi connectivity index (χ1) is 7.10. The second kappa shape index (κ2) is 4.98. The van der Waals surface area contributed by atoms with Crippen molar-refractivity contribution in [2.75, 3.05) is 0 Å². The molecule has 4 nitrogen and oxygen atoms in total. The number of aldehydes is 1. The van der Waals surface area contributed by atoms with E-state index in [1.54, 1.807) is 0 Å². The maximum absolute atomic E-state index is 10.6. The van der Waals surface area contributed by atoms with Gasteiger partial charge in [0.25, 0.3) is 0 Å². The highest BCUT2D eigenvalue weighted by Gasteiger charge is 2.18. The van der Waals surface area contributed by atoms with Crippen molar-refractivity contribution in [1.29, 1.82) is 0 Å². The number of hydrogen-bond acceptors (Lipinski definition) is 4. The van der Waals surface area contributed by atoms with Crippen LogP contribution in [-0.4, -0.2) is 16.5 Å². The Labute approximate surface area is 88.5 Å². The minimum atomic E-state index is -0.384. The first kappa shape index (κ1) is 11.8. The van der Waals surface area contributed by atoms with E-state index < -0.39 is 0 Å². The van der Waals surface area contributed by atoms with Crippen LogP contribution in [0.1, 0.15) is 42.1 Å². The summed E-state index contributed by atoms with van der Waals surface area (Å²) in [4.78, 5) is 10.6. The van der Waals surface area contributed by atoms with Crippen LogP contribution in [-0.2, 0) is 13.0 Å².